The SMILES string of the molecule is CCOc1cc(/C=N\NC(=O)c2ccc(Cl)c(Cl)c2)cc(I)c1OCc1cccc2ccccc12. The first kappa shape index (κ1) is 25.3. The van der Waals surface area contributed by atoms with Crippen molar-refractivity contribution in [2.45, 2.75) is 13.5 Å². The fourth-order valence-electron chi connectivity index (χ4n) is 3.50. The van der Waals surface area contributed by atoms with Crippen LogP contribution in [0.4, 0.5) is 0 Å². The van der Waals surface area contributed by atoms with Crippen molar-refractivity contribution in [1.82, 2.24) is 5.43 Å². The quantitative estimate of drug-likeness (QED) is 0.126. The number of amides is 1. The molecule has 0 aliphatic rings. The number of nitrogens with zero attached hydrogens (tertiary/aromatic N) is 1. The molecule has 0 saturated carbocycles. The maximum absolute atomic E-state index is 12.3. The lowest BCUT2D eigenvalue weighted by Crippen LogP contribution is -2.17. The summed E-state index contributed by atoms with van der Waals surface area (Å²) in [6.07, 6.45) is 1.55. The first-order valence-electron chi connectivity index (χ1n) is 10.8. The number of hydrazone groups is 1. The second-order valence-electron chi connectivity index (χ2n) is 7.52. The number of hydrogen-bond acceptors (Lipinski definition) is 4. The number of rotatable bonds is 8. The van der Waals surface area contributed by atoms with Gasteiger partial charge in [-0.05, 0) is 81.7 Å². The van der Waals surface area contributed by atoms with Gasteiger partial charge in [0.2, 0.25) is 0 Å². The molecule has 1 amide bonds. The number of nitrogens with one attached hydrogen (secondary N) is 1. The van der Waals surface area contributed by atoms with Crippen LogP contribution in [0.15, 0.2) is 77.9 Å². The fraction of sp³-hybridized carbons (Fsp3) is 0.111. The average Bonchev–Trinajstić information content (AvgIpc) is 2.85. The molecule has 1 N–H and O–H groups in total. The van der Waals surface area contributed by atoms with E-state index in [4.69, 9.17) is 32.7 Å². The zero-order chi connectivity index (χ0) is 24.8. The number of carbonyl (C=O) groups is 1. The van der Waals surface area contributed by atoms with Crippen molar-refractivity contribution in [3.8, 4) is 11.5 Å². The molecule has 0 fully saturated rings. The van der Waals surface area contributed by atoms with Crippen LogP contribution < -0.4 is 14.9 Å². The van der Waals surface area contributed by atoms with Crippen molar-refractivity contribution in [2.24, 2.45) is 5.10 Å². The monoisotopic (exact) mass is 618 g/mol. The fourth-order valence-corrected chi connectivity index (χ4v) is 4.58. The van der Waals surface area contributed by atoms with Gasteiger partial charge in [-0.1, -0.05) is 65.7 Å². The van der Waals surface area contributed by atoms with E-state index in [9.17, 15) is 4.79 Å². The van der Waals surface area contributed by atoms with E-state index in [0.29, 0.717) is 40.3 Å². The highest BCUT2D eigenvalue weighted by atomic mass is 127. The smallest absolute Gasteiger partial charge is 0.271 e. The molecule has 0 aromatic heterocycles. The number of fused-ring (bicyclic) bond motifs is 1. The molecule has 0 bridgehead atoms. The van der Waals surface area contributed by atoms with Crippen LogP contribution in [0.2, 0.25) is 10.0 Å². The minimum atomic E-state index is -0.394. The van der Waals surface area contributed by atoms with E-state index in [2.05, 4.69) is 57.4 Å². The van der Waals surface area contributed by atoms with Gasteiger partial charge >= 0.3 is 0 Å². The van der Waals surface area contributed by atoms with E-state index in [1.165, 1.54) is 11.5 Å². The van der Waals surface area contributed by atoms with Crippen molar-refractivity contribution < 1.29 is 14.3 Å². The molecule has 0 aliphatic carbocycles. The lowest BCUT2D eigenvalue weighted by atomic mass is 10.1. The first-order chi connectivity index (χ1) is 17.0. The van der Waals surface area contributed by atoms with Crippen LogP contribution in [0.5, 0.6) is 11.5 Å². The van der Waals surface area contributed by atoms with Crippen LogP contribution in [-0.2, 0) is 6.61 Å². The lowest BCUT2D eigenvalue weighted by Gasteiger charge is -2.15. The molecule has 0 unspecified atom stereocenters. The van der Waals surface area contributed by atoms with Crippen LogP contribution >= 0.6 is 45.8 Å². The normalized spacial score (nSPS) is 11.1. The Balaban J connectivity index is 1.50. The number of hydrogen-bond donors (Lipinski definition) is 1. The summed E-state index contributed by atoms with van der Waals surface area (Å²) in [5.41, 5.74) is 4.71. The third kappa shape index (κ3) is 6.25. The zero-order valence-electron chi connectivity index (χ0n) is 18.7. The van der Waals surface area contributed by atoms with Gasteiger partial charge in [-0.25, -0.2) is 5.43 Å². The minimum absolute atomic E-state index is 0.304. The summed E-state index contributed by atoms with van der Waals surface area (Å²) < 4.78 is 12.9. The molecule has 0 spiro atoms. The second kappa shape index (κ2) is 11.7. The summed E-state index contributed by atoms with van der Waals surface area (Å²) in [7, 11) is 0. The largest absolute Gasteiger partial charge is 0.490 e. The molecule has 4 rings (SSSR count). The van der Waals surface area contributed by atoms with Gasteiger partial charge in [0.15, 0.2) is 11.5 Å². The molecule has 4 aromatic rings. The Morgan fingerprint density at radius 3 is 2.60 bits per heavy atom. The maximum Gasteiger partial charge on any atom is 0.271 e. The van der Waals surface area contributed by atoms with Crippen LogP contribution in [0.25, 0.3) is 10.8 Å². The third-order valence-corrected chi connectivity index (χ3v) is 6.69. The molecule has 8 heteroatoms. The number of halogens is 3. The van der Waals surface area contributed by atoms with E-state index < -0.39 is 5.91 Å². The Bertz CT molecular complexity index is 1400. The highest BCUT2D eigenvalue weighted by molar-refractivity contribution is 14.1. The highest BCUT2D eigenvalue weighted by Gasteiger charge is 2.13. The van der Waals surface area contributed by atoms with Crippen molar-refractivity contribution in [3.63, 3.8) is 0 Å². The van der Waals surface area contributed by atoms with E-state index in [1.54, 1.807) is 18.3 Å². The molecule has 0 radical (unpaired) electrons. The topological polar surface area (TPSA) is 59.9 Å². The van der Waals surface area contributed by atoms with Gasteiger partial charge in [0, 0.05) is 5.56 Å². The van der Waals surface area contributed by atoms with Gasteiger partial charge in [0.05, 0.1) is 26.4 Å². The molecular weight excluding hydrogens is 598 g/mol. The van der Waals surface area contributed by atoms with E-state index >= 15 is 0 Å². The highest BCUT2D eigenvalue weighted by Crippen LogP contribution is 2.35. The van der Waals surface area contributed by atoms with Crippen molar-refractivity contribution in [1.29, 1.82) is 0 Å². The maximum atomic E-state index is 12.3. The van der Waals surface area contributed by atoms with E-state index in [-0.39, 0.29) is 0 Å². The second-order valence-corrected chi connectivity index (χ2v) is 9.49. The summed E-state index contributed by atoms with van der Waals surface area (Å²) >= 11 is 14.1. The van der Waals surface area contributed by atoms with Crippen molar-refractivity contribution in [2.75, 3.05) is 6.61 Å². The summed E-state index contributed by atoms with van der Waals surface area (Å²) in [4.78, 5) is 12.3. The predicted molar refractivity (Wildman–Crippen MR) is 150 cm³/mol. The summed E-state index contributed by atoms with van der Waals surface area (Å²) in [5, 5.41) is 7.08. The number of ether oxygens (including phenoxy) is 2. The van der Waals surface area contributed by atoms with Crippen LogP contribution in [0, 0.1) is 3.57 Å². The van der Waals surface area contributed by atoms with Crippen molar-refractivity contribution >= 4 is 68.7 Å². The van der Waals surface area contributed by atoms with Gasteiger partial charge < -0.3 is 9.47 Å². The first-order valence-corrected chi connectivity index (χ1v) is 12.6. The molecule has 4 aromatic carbocycles. The summed E-state index contributed by atoms with van der Waals surface area (Å²) in [6.45, 7) is 2.81. The molecule has 35 heavy (non-hydrogen) atoms. The molecule has 5 nitrogen and oxygen atoms in total. The zero-order valence-corrected chi connectivity index (χ0v) is 22.4. The third-order valence-electron chi connectivity index (χ3n) is 5.15. The molecule has 0 saturated heterocycles. The van der Waals surface area contributed by atoms with Gasteiger partial charge in [-0.15, -0.1) is 0 Å². The molecule has 0 aliphatic heterocycles. The minimum Gasteiger partial charge on any atom is -0.490 e. The Hall–Kier alpha value is -2.81. The van der Waals surface area contributed by atoms with Gasteiger partial charge in [0.1, 0.15) is 6.61 Å². The molecular formula is C27H21Cl2IN2O3. The van der Waals surface area contributed by atoms with E-state index in [0.717, 1.165) is 20.1 Å². The average molecular weight is 619 g/mol. The molecule has 178 valence electrons. The lowest BCUT2D eigenvalue weighted by molar-refractivity contribution is 0.0955. The molecule has 0 atom stereocenters. The Kier molecular flexibility index (Phi) is 8.49. The van der Waals surface area contributed by atoms with Gasteiger partial charge in [-0.3, -0.25) is 4.79 Å². The number of carbonyl (C=O) groups excluding carboxylic acids is 1. The summed E-state index contributed by atoms with van der Waals surface area (Å²) in [5.74, 6) is 0.879. The Labute approximate surface area is 227 Å². The number of benzene rings is 4. The molecule has 0 heterocycles. The summed E-state index contributed by atoms with van der Waals surface area (Å²) in [6, 6.07) is 22.8. The Morgan fingerprint density at radius 1 is 1.00 bits per heavy atom. The van der Waals surface area contributed by atoms with E-state index in [1.807, 2.05) is 37.3 Å². The Morgan fingerprint density at radius 2 is 1.80 bits per heavy atom. The van der Waals surface area contributed by atoms with Gasteiger partial charge in [0.25, 0.3) is 5.91 Å². The standard InChI is InChI=1S/C27H21Cl2IN2O3/c1-2-34-25-13-17(15-31-32-27(33)19-10-11-22(28)23(29)14-19)12-24(30)26(25)35-16-20-8-5-7-18-6-3-4-9-21(18)20/h3-15H,2,16H2,1H3,(H,32,33)/b31-15-. The van der Waals surface area contributed by atoms with Gasteiger partial charge in [-0.2, -0.15) is 5.10 Å². The van der Waals surface area contributed by atoms with Crippen LogP contribution in [0.1, 0.15) is 28.4 Å². The van der Waals surface area contributed by atoms with Crippen molar-refractivity contribution in [3.05, 3.63) is 103 Å². The van der Waals surface area contributed by atoms with Crippen LogP contribution in [-0.4, -0.2) is 18.7 Å². The van der Waals surface area contributed by atoms with Crippen LogP contribution in [0.3, 0.4) is 0 Å². The predicted octanol–water partition coefficient (Wildman–Crippen LogP) is 7.49.